The van der Waals surface area contributed by atoms with E-state index in [1.165, 1.54) is 56.9 Å². The van der Waals surface area contributed by atoms with Gasteiger partial charge in [0.25, 0.3) is 0 Å². The fraction of sp³-hybridized carbons (Fsp3) is 0.600. The van der Waals surface area contributed by atoms with Crippen molar-refractivity contribution in [3.8, 4) is 11.1 Å². The van der Waals surface area contributed by atoms with Crippen LogP contribution in [0, 0.1) is 17.7 Å². The lowest BCUT2D eigenvalue weighted by molar-refractivity contribution is 0.293. The summed E-state index contributed by atoms with van der Waals surface area (Å²) >= 11 is 0. The molecule has 0 atom stereocenters. The standard InChI is InChI=1S/C30H40F2/c1-2-4-22-8-12-27(13-9-22)29-19-18-28(21-30(29)32)26-16-14-25(15-17-26)24-10-6-23(7-11-24)5-3-20-31/h14-19,21-24,27H,2-13,20H2,1H3/t22-,23-,24-,27-. The lowest BCUT2D eigenvalue weighted by Crippen LogP contribution is -2.14. The van der Waals surface area contributed by atoms with Gasteiger partial charge in [0.15, 0.2) is 0 Å². The molecule has 2 aliphatic carbocycles. The normalized spacial score (nSPS) is 26.2. The third-order valence-electron chi connectivity index (χ3n) is 8.29. The summed E-state index contributed by atoms with van der Waals surface area (Å²) in [6.45, 7) is 2.09. The lowest BCUT2D eigenvalue weighted by Gasteiger charge is -2.29. The van der Waals surface area contributed by atoms with Crippen molar-refractivity contribution in [2.45, 2.75) is 95.8 Å². The van der Waals surface area contributed by atoms with Crippen molar-refractivity contribution in [3.05, 3.63) is 59.4 Å². The van der Waals surface area contributed by atoms with Crippen LogP contribution in [0.4, 0.5) is 8.78 Å². The highest BCUT2D eigenvalue weighted by Crippen LogP contribution is 2.40. The molecule has 0 bridgehead atoms. The van der Waals surface area contributed by atoms with Crippen LogP contribution in [0.15, 0.2) is 42.5 Å². The van der Waals surface area contributed by atoms with E-state index >= 15 is 4.39 Å². The Labute approximate surface area is 193 Å². The predicted octanol–water partition coefficient (Wildman–Crippen LogP) is 9.59. The molecule has 174 valence electrons. The van der Waals surface area contributed by atoms with Gasteiger partial charge < -0.3 is 0 Å². The SMILES string of the molecule is CCC[C@H]1CC[C@H](c2ccc(-c3ccc([C@H]4CC[C@H](CCCF)CC4)cc3)cc2F)CC1. The average Bonchev–Trinajstić information content (AvgIpc) is 2.84. The van der Waals surface area contributed by atoms with Crippen LogP contribution < -0.4 is 0 Å². The van der Waals surface area contributed by atoms with Gasteiger partial charge >= 0.3 is 0 Å². The summed E-state index contributed by atoms with van der Waals surface area (Å²) in [5.41, 5.74) is 4.40. The Bertz CT molecular complexity index is 824. The number of halogens is 2. The molecule has 0 aliphatic heterocycles. The minimum Gasteiger partial charge on any atom is -0.251 e. The molecule has 32 heavy (non-hydrogen) atoms. The molecule has 2 aromatic carbocycles. The van der Waals surface area contributed by atoms with Gasteiger partial charge in [0.2, 0.25) is 0 Å². The molecule has 4 rings (SSSR count). The molecular formula is C30H40F2. The van der Waals surface area contributed by atoms with E-state index in [9.17, 15) is 4.39 Å². The first-order valence-electron chi connectivity index (χ1n) is 13.1. The number of rotatable bonds is 8. The first-order valence-corrected chi connectivity index (χ1v) is 13.1. The van der Waals surface area contributed by atoms with Gasteiger partial charge in [0.05, 0.1) is 6.67 Å². The third kappa shape index (κ3) is 5.80. The summed E-state index contributed by atoms with van der Waals surface area (Å²) in [7, 11) is 0. The fourth-order valence-electron chi connectivity index (χ4n) is 6.31. The molecule has 0 radical (unpaired) electrons. The highest BCUT2D eigenvalue weighted by molar-refractivity contribution is 5.64. The van der Waals surface area contributed by atoms with Crippen LogP contribution in [0.1, 0.15) is 107 Å². The zero-order valence-electron chi connectivity index (χ0n) is 19.8. The van der Waals surface area contributed by atoms with E-state index in [2.05, 4.69) is 37.3 Å². The van der Waals surface area contributed by atoms with Crippen molar-refractivity contribution >= 4 is 0 Å². The van der Waals surface area contributed by atoms with Crippen molar-refractivity contribution in [1.82, 2.24) is 0 Å². The van der Waals surface area contributed by atoms with E-state index in [1.54, 1.807) is 6.07 Å². The van der Waals surface area contributed by atoms with Crippen molar-refractivity contribution in [2.75, 3.05) is 6.67 Å². The summed E-state index contributed by atoms with van der Waals surface area (Å²) in [6.07, 6.45) is 14.0. The molecule has 2 aromatic rings. The molecule has 2 saturated carbocycles. The Balaban J connectivity index is 1.36. The molecule has 0 spiro atoms. The van der Waals surface area contributed by atoms with Gasteiger partial charge in [-0.25, -0.2) is 4.39 Å². The highest BCUT2D eigenvalue weighted by atomic mass is 19.1. The van der Waals surface area contributed by atoms with Crippen LogP contribution in [0.3, 0.4) is 0 Å². The van der Waals surface area contributed by atoms with Gasteiger partial charge in [-0.1, -0.05) is 56.2 Å². The Morgan fingerprint density at radius 2 is 1.31 bits per heavy atom. The number of hydrogen-bond donors (Lipinski definition) is 0. The smallest absolute Gasteiger partial charge is 0.127 e. The summed E-state index contributed by atoms with van der Waals surface area (Å²) < 4.78 is 27.5. The molecule has 0 amide bonds. The van der Waals surface area contributed by atoms with E-state index in [0.717, 1.165) is 48.3 Å². The minimum absolute atomic E-state index is 0.0304. The second-order valence-corrected chi connectivity index (χ2v) is 10.4. The maximum Gasteiger partial charge on any atom is 0.127 e. The molecule has 0 nitrogen and oxygen atoms in total. The van der Waals surface area contributed by atoms with Gasteiger partial charge in [-0.2, -0.15) is 0 Å². The molecule has 0 N–H and O–H groups in total. The Morgan fingerprint density at radius 1 is 0.719 bits per heavy atom. The molecule has 0 aromatic heterocycles. The van der Waals surface area contributed by atoms with Crippen LogP contribution in [0.5, 0.6) is 0 Å². The first kappa shape index (κ1) is 23.5. The van der Waals surface area contributed by atoms with Gasteiger partial charge in [-0.15, -0.1) is 0 Å². The zero-order chi connectivity index (χ0) is 22.3. The second-order valence-electron chi connectivity index (χ2n) is 10.4. The van der Waals surface area contributed by atoms with Gasteiger partial charge in [-0.05, 0) is 116 Å². The van der Waals surface area contributed by atoms with Crippen LogP contribution in [-0.4, -0.2) is 6.67 Å². The average molecular weight is 439 g/mol. The third-order valence-corrected chi connectivity index (χ3v) is 8.29. The largest absolute Gasteiger partial charge is 0.251 e. The molecule has 2 aliphatic rings. The quantitative estimate of drug-likeness (QED) is 0.385. The molecule has 2 heteroatoms. The van der Waals surface area contributed by atoms with Crippen molar-refractivity contribution in [3.63, 3.8) is 0 Å². The molecule has 0 saturated heterocycles. The monoisotopic (exact) mass is 438 g/mol. The van der Waals surface area contributed by atoms with Gasteiger partial charge in [-0.3, -0.25) is 4.39 Å². The van der Waals surface area contributed by atoms with Crippen LogP contribution in [-0.2, 0) is 0 Å². The molecular weight excluding hydrogens is 398 g/mol. The van der Waals surface area contributed by atoms with Crippen LogP contribution in [0.25, 0.3) is 11.1 Å². The summed E-state index contributed by atoms with van der Waals surface area (Å²) in [5.74, 6) is 2.54. The molecule has 0 heterocycles. The minimum atomic E-state index is -0.178. The van der Waals surface area contributed by atoms with Crippen molar-refractivity contribution in [1.29, 1.82) is 0 Å². The second kappa shape index (κ2) is 11.4. The van der Waals surface area contributed by atoms with Crippen molar-refractivity contribution < 1.29 is 8.78 Å². The van der Waals surface area contributed by atoms with E-state index in [1.807, 2.05) is 6.07 Å². The molecule has 2 fully saturated rings. The number of hydrogen-bond acceptors (Lipinski definition) is 0. The van der Waals surface area contributed by atoms with Gasteiger partial charge in [0.1, 0.15) is 5.82 Å². The number of alkyl halides is 1. The zero-order valence-corrected chi connectivity index (χ0v) is 19.8. The summed E-state index contributed by atoms with van der Waals surface area (Å²) in [4.78, 5) is 0. The topological polar surface area (TPSA) is 0 Å². The van der Waals surface area contributed by atoms with Crippen molar-refractivity contribution in [2.24, 2.45) is 11.8 Å². The first-order chi connectivity index (χ1) is 15.7. The maximum absolute atomic E-state index is 15.0. The maximum atomic E-state index is 15.0. The predicted molar refractivity (Wildman–Crippen MR) is 131 cm³/mol. The highest BCUT2D eigenvalue weighted by Gasteiger charge is 2.24. The van der Waals surface area contributed by atoms with E-state index in [-0.39, 0.29) is 12.5 Å². The van der Waals surface area contributed by atoms with Crippen LogP contribution >= 0.6 is 0 Å². The Hall–Kier alpha value is -1.70. The van der Waals surface area contributed by atoms with E-state index < -0.39 is 0 Å². The summed E-state index contributed by atoms with van der Waals surface area (Å²) in [5, 5.41) is 0. The van der Waals surface area contributed by atoms with E-state index in [4.69, 9.17) is 0 Å². The van der Waals surface area contributed by atoms with Crippen LogP contribution in [0.2, 0.25) is 0 Å². The lowest BCUT2D eigenvalue weighted by atomic mass is 9.76. The Morgan fingerprint density at radius 3 is 1.91 bits per heavy atom. The Kier molecular flexibility index (Phi) is 8.38. The fourth-order valence-corrected chi connectivity index (χ4v) is 6.31. The number of benzene rings is 2. The molecule has 0 unspecified atom stereocenters. The summed E-state index contributed by atoms with van der Waals surface area (Å²) in [6, 6.07) is 14.7. The van der Waals surface area contributed by atoms with E-state index in [0.29, 0.717) is 17.8 Å². The van der Waals surface area contributed by atoms with Gasteiger partial charge in [0, 0.05) is 0 Å².